The van der Waals surface area contributed by atoms with E-state index in [2.05, 4.69) is 16.9 Å². The number of pyridine rings is 1. The highest BCUT2D eigenvalue weighted by Crippen LogP contribution is 2.31. The fourth-order valence-electron chi connectivity index (χ4n) is 3.56. The Morgan fingerprint density at radius 2 is 2.04 bits per heavy atom. The zero-order valence-corrected chi connectivity index (χ0v) is 14.1. The number of nitrogens with one attached hydrogen (secondary N) is 1. The maximum Gasteiger partial charge on any atom is 0.265 e. The topological polar surface area (TPSA) is 69.2 Å². The van der Waals surface area contributed by atoms with Crippen molar-refractivity contribution in [2.45, 2.75) is 31.6 Å². The van der Waals surface area contributed by atoms with E-state index >= 15 is 0 Å². The largest absolute Gasteiger partial charge is 0.383 e. The van der Waals surface area contributed by atoms with Crippen molar-refractivity contribution in [3.8, 4) is 0 Å². The van der Waals surface area contributed by atoms with Crippen molar-refractivity contribution >= 4 is 17.2 Å². The zero-order valence-electron chi connectivity index (χ0n) is 14.1. The highest BCUT2D eigenvalue weighted by molar-refractivity contribution is 6.04. The predicted molar refractivity (Wildman–Crippen MR) is 92.1 cm³/mol. The Labute approximate surface area is 141 Å². The molecule has 3 N–H and O–H groups in total. The molecule has 0 spiro atoms. The van der Waals surface area contributed by atoms with Crippen molar-refractivity contribution in [2.75, 3.05) is 43.9 Å². The molecule has 2 saturated heterocycles. The zero-order chi connectivity index (χ0) is 17.3. The number of aromatic nitrogens is 1. The number of hydrogen-bond acceptors (Lipinski definition) is 5. The number of hydrogen-bond donors (Lipinski definition) is 2. The number of piperidine rings is 2. The lowest BCUT2D eigenvalue weighted by molar-refractivity contribution is -0.0116. The van der Waals surface area contributed by atoms with Crippen LogP contribution < -0.4 is 10.6 Å². The minimum Gasteiger partial charge on any atom is -0.383 e. The maximum atomic E-state index is 13.7. The first-order valence-corrected chi connectivity index (χ1v) is 8.51. The highest BCUT2D eigenvalue weighted by atomic mass is 19.3. The van der Waals surface area contributed by atoms with Crippen LogP contribution in [0.4, 0.5) is 20.3 Å². The van der Waals surface area contributed by atoms with Crippen LogP contribution in [0.1, 0.15) is 31.2 Å². The Kier molecular flexibility index (Phi) is 4.71. The van der Waals surface area contributed by atoms with Crippen LogP contribution in [0.5, 0.6) is 0 Å². The molecule has 7 heteroatoms. The molecule has 0 amide bonds. The second-order valence-corrected chi connectivity index (χ2v) is 7.00. The molecule has 132 valence electrons. The van der Waals surface area contributed by atoms with E-state index in [0.29, 0.717) is 35.7 Å². The van der Waals surface area contributed by atoms with Crippen LogP contribution in [-0.4, -0.2) is 54.7 Å². The third-order valence-electron chi connectivity index (χ3n) is 5.08. The van der Waals surface area contributed by atoms with Crippen molar-refractivity contribution in [1.29, 1.82) is 5.41 Å². The van der Waals surface area contributed by atoms with Crippen molar-refractivity contribution in [3.63, 3.8) is 0 Å². The molecule has 0 aromatic carbocycles. The minimum absolute atomic E-state index is 0.0653. The van der Waals surface area contributed by atoms with Gasteiger partial charge in [-0.15, -0.1) is 0 Å². The van der Waals surface area contributed by atoms with E-state index in [1.54, 1.807) is 17.2 Å². The van der Waals surface area contributed by atoms with E-state index in [-0.39, 0.29) is 18.9 Å². The quantitative estimate of drug-likeness (QED) is 0.832. The maximum absolute atomic E-state index is 13.7. The summed E-state index contributed by atoms with van der Waals surface area (Å²) in [6.45, 7) is 2.21. The number of halogens is 2. The summed E-state index contributed by atoms with van der Waals surface area (Å²) < 4.78 is 27.3. The van der Waals surface area contributed by atoms with Gasteiger partial charge in [0, 0.05) is 30.2 Å². The van der Waals surface area contributed by atoms with Gasteiger partial charge in [-0.25, -0.2) is 13.8 Å². The van der Waals surface area contributed by atoms with E-state index in [4.69, 9.17) is 11.1 Å². The Morgan fingerprint density at radius 1 is 1.33 bits per heavy atom. The summed E-state index contributed by atoms with van der Waals surface area (Å²) in [5.74, 6) is -2.20. The molecule has 2 fully saturated rings. The van der Waals surface area contributed by atoms with Crippen LogP contribution >= 0.6 is 0 Å². The minimum atomic E-state index is -2.67. The van der Waals surface area contributed by atoms with E-state index in [9.17, 15) is 8.78 Å². The highest BCUT2D eigenvalue weighted by Gasteiger charge is 2.35. The number of nitrogens with two attached hydrogens (primary N) is 1. The van der Waals surface area contributed by atoms with Gasteiger partial charge < -0.3 is 20.9 Å². The third kappa shape index (κ3) is 3.66. The molecule has 0 unspecified atom stereocenters. The molecule has 24 heavy (non-hydrogen) atoms. The molecular weight excluding hydrogens is 312 g/mol. The van der Waals surface area contributed by atoms with E-state index in [1.165, 1.54) is 0 Å². The van der Waals surface area contributed by atoms with Crippen molar-refractivity contribution in [2.24, 2.45) is 5.92 Å². The van der Waals surface area contributed by atoms with Gasteiger partial charge in [-0.3, -0.25) is 0 Å². The molecule has 0 radical (unpaired) electrons. The number of likely N-dealkylation sites (tertiary alicyclic amines) is 1. The van der Waals surface area contributed by atoms with Gasteiger partial charge in [0.05, 0.1) is 18.4 Å². The summed E-state index contributed by atoms with van der Waals surface area (Å²) in [7, 11) is 2.08. The Morgan fingerprint density at radius 3 is 2.71 bits per heavy atom. The molecule has 1 aromatic rings. The van der Waals surface area contributed by atoms with Crippen LogP contribution in [0, 0.1) is 11.3 Å². The predicted octanol–water partition coefficient (Wildman–Crippen LogP) is 2.61. The normalized spacial score (nSPS) is 22.5. The molecule has 3 rings (SSSR count). The fraction of sp³-hybridized carbons (Fsp3) is 0.647. The first-order valence-electron chi connectivity index (χ1n) is 8.51. The van der Waals surface area contributed by atoms with Crippen LogP contribution in [0.15, 0.2) is 12.3 Å². The summed E-state index contributed by atoms with van der Waals surface area (Å²) in [4.78, 5) is 8.07. The lowest BCUT2D eigenvalue weighted by Gasteiger charge is -2.34. The van der Waals surface area contributed by atoms with E-state index < -0.39 is 5.92 Å². The van der Waals surface area contributed by atoms with Crippen molar-refractivity contribution in [3.05, 3.63) is 17.8 Å². The number of alkyl halides is 2. The van der Waals surface area contributed by atoms with Gasteiger partial charge in [0.15, 0.2) is 0 Å². The number of anilines is 2. The lowest BCUT2D eigenvalue weighted by atomic mass is 9.88. The summed E-state index contributed by atoms with van der Waals surface area (Å²) in [6.07, 6.45) is 3.77. The van der Waals surface area contributed by atoms with Crippen LogP contribution in [0.3, 0.4) is 0 Å². The first-order chi connectivity index (χ1) is 11.4. The molecule has 2 aliphatic rings. The van der Waals surface area contributed by atoms with Crippen LogP contribution in [0.25, 0.3) is 0 Å². The second-order valence-electron chi connectivity index (χ2n) is 7.00. The molecule has 3 heterocycles. The molecule has 0 saturated carbocycles. The summed E-state index contributed by atoms with van der Waals surface area (Å²) in [6, 6.07) is 1.77. The fourth-order valence-corrected chi connectivity index (χ4v) is 3.56. The number of nitrogens with zero attached hydrogens (tertiary/aromatic N) is 3. The van der Waals surface area contributed by atoms with Gasteiger partial charge in [-0.2, -0.15) is 0 Å². The van der Waals surface area contributed by atoms with E-state index in [0.717, 1.165) is 25.9 Å². The third-order valence-corrected chi connectivity index (χ3v) is 5.08. The molecule has 0 aliphatic carbocycles. The van der Waals surface area contributed by atoms with Gasteiger partial charge in [0.1, 0.15) is 5.82 Å². The Bertz CT molecular complexity index is 611. The summed E-state index contributed by atoms with van der Waals surface area (Å²) in [5.41, 5.74) is 7.69. The lowest BCUT2D eigenvalue weighted by Crippen LogP contribution is -2.42. The Hall–Kier alpha value is -1.76. The SMILES string of the molecule is CN1CCC(C(=N)c2cc(N3CCCC(F)(F)C3)cnc2N)CC1. The number of rotatable bonds is 3. The molecule has 2 aliphatic heterocycles. The van der Waals surface area contributed by atoms with Crippen molar-refractivity contribution in [1.82, 2.24) is 9.88 Å². The van der Waals surface area contributed by atoms with Gasteiger partial charge in [0.2, 0.25) is 0 Å². The molecule has 0 bridgehead atoms. The first kappa shape index (κ1) is 17.1. The monoisotopic (exact) mass is 337 g/mol. The standard InChI is InChI=1S/C17H25F2N5/c1-23-7-3-12(4-8-23)15(20)14-9-13(10-22-16(14)21)24-6-2-5-17(18,19)11-24/h9-10,12,20H,2-8,11H2,1H3,(H2,21,22). The number of nitrogen functional groups attached to an aromatic ring is 1. The summed E-state index contributed by atoms with van der Waals surface area (Å²) >= 11 is 0. The average molecular weight is 337 g/mol. The molecule has 5 nitrogen and oxygen atoms in total. The average Bonchev–Trinajstić information content (AvgIpc) is 2.54. The van der Waals surface area contributed by atoms with Crippen LogP contribution in [-0.2, 0) is 0 Å². The summed E-state index contributed by atoms with van der Waals surface area (Å²) in [5, 5.41) is 8.51. The van der Waals surface area contributed by atoms with Gasteiger partial charge in [-0.05, 0) is 45.5 Å². The van der Waals surface area contributed by atoms with E-state index in [1.807, 2.05) is 0 Å². The molecule has 0 atom stereocenters. The molecular formula is C17H25F2N5. The van der Waals surface area contributed by atoms with Crippen LogP contribution in [0.2, 0.25) is 0 Å². The Balaban J connectivity index is 1.80. The smallest absolute Gasteiger partial charge is 0.265 e. The molecule has 1 aromatic heterocycles. The van der Waals surface area contributed by atoms with Gasteiger partial charge in [0.25, 0.3) is 5.92 Å². The second kappa shape index (κ2) is 6.63. The van der Waals surface area contributed by atoms with Gasteiger partial charge in [-0.1, -0.05) is 0 Å². The van der Waals surface area contributed by atoms with Crippen molar-refractivity contribution < 1.29 is 8.78 Å². The van der Waals surface area contributed by atoms with Gasteiger partial charge >= 0.3 is 0 Å².